The Labute approximate surface area is 110 Å². The smallest absolute Gasteiger partial charge is 0.375 e. The number of nitrogens with zero attached hydrogens (tertiary/aromatic N) is 3. The number of aromatic nitrogens is 3. The van der Waals surface area contributed by atoms with Gasteiger partial charge in [0.15, 0.2) is 0 Å². The fraction of sp³-hybridized carbons (Fsp3) is 0.100. The first-order valence-corrected chi connectivity index (χ1v) is 5.79. The summed E-state index contributed by atoms with van der Waals surface area (Å²) in [5.41, 5.74) is 0.648. The number of aryl methyl sites for hydroxylation is 1. The van der Waals surface area contributed by atoms with Gasteiger partial charge in [0.25, 0.3) is 5.82 Å². The van der Waals surface area contributed by atoms with E-state index < -0.39 is 5.97 Å². The summed E-state index contributed by atoms with van der Waals surface area (Å²) in [6, 6.07) is 5.24. The van der Waals surface area contributed by atoms with Crippen LogP contribution in [0.4, 0.5) is 0 Å². The molecule has 0 atom stereocenters. The molecule has 0 spiro atoms. The predicted octanol–water partition coefficient (Wildman–Crippen LogP) is 2.69. The van der Waals surface area contributed by atoms with Crippen molar-refractivity contribution in [3.05, 3.63) is 39.3 Å². The van der Waals surface area contributed by atoms with Gasteiger partial charge in [-0.2, -0.15) is 0 Å². The molecule has 7 heteroatoms. The van der Waals surface area contributed by atoms with Gasteiger partial charge < -0.3 is 5.11 Å². The summed E-state index contributed by atoms with van der Waals surface area (Å²) in [5, 5.41) is 13.2. The van der Waals surface area contributed by atoms with Gasteiger partial charge in [-0.3, -0.25) is 0 Å². The van der Waals surface area contributed by atoms with E-state index in [9.17, 15) is 4.79 Å². The lowest BCUT2D eigenvalue weighted by Gasteiger charge is -2.06. The van der Waals surface area contributed by atoms with Crippen LogP contribution in [0.2, 0.25) is 5.02 Å². The maximum Gasteiger partial charge on any atom is 0.375 e. The number of carboxylic acid groups (broad SMARTS) is 1. The molecule has 1 heterocycles. The van der Waals surface area contributed by atoms with Gasteiger partial charge in [-0.1, -0.05) is 17.7 Å². The largest absolute Gasteiger partial charge is 0.475 e. The lowest BCUT2D eigenvalue weighted by molar-refractivity contribution is 0.0683. The highest BCUT2D eigenvalue weighted by Crippen LogP contribution is 2.28. The van der Waals surface area contributed by atoms with Gasteiger partial charge in [-0.25, -0.2) is 14.5 Å². The quantitative estimate of drug-likeness (QED) is 0.925. The van der Waals surface area contributed by atoms with Gasteiger partial charge >= 0.3 is 5.97 Å². The van der Waals surface area contributed by atoms with Crippen molar-refractivity contribution in [3.8, 4) is 5.69 Å². The molecule has 0 radical (unpaired) electrons. The first-order chi connectivity index (χ1) is 8.00. The summed E-state index contributed by atoms with van der Waals surface area (Å²) in [6.45, 7) is 1.67. The van der Waals surface area contributed by atoms with Crippen LogP contribution in [0.3, 0.4) is 0 Å². The molecule has 0 unspecified atom stereocenters. The fourth-order valence-electron chi connectivity index (χ4n) is 1.36. The molecule has 1 aromatic heterocycles. The average Bonchev–Trinajstić information content (AvgIpc) is 2.65. The minimum Gasteiger partial charge on any atom is -0.475 e. The Kier molecular flexibility index (Phi) is 3.17. The van der Waals surface area contributed by atoms with Crippen LogP contribution in [0.1, 0.15) is 16.4 Å². The molecule has 5 nitrogen and oxygen atoms in total. The van der Waals surface area contributed by atoms with Crippen LogP contribution in [-0.4, -0.2) is 25.8 Å². The summed E-state index contributed by atoms with van der Waals surface area (Å²) in [5.74, 6) is -0.926. The number of carbonyl (C=O) groups is 1. The molecule has 0 aliphatic carbocycles. The first-order valence-electron chi connectivity index (χ1n) is 4.62. The summed E-state index contributed by atoms with van der Waals surface area (Å²) < 4.78 is 2.07. The van der Waals surface area contributed by atoms with Crippen LogP contribution in [0.5, 0.6) is 0 Å². The van der Waals surface area contributed by atoms with E-state index in [1.165, 1.54) is 4.68 Å². The average molecular weight is 317 g/mol. The van der Waals surface area contributed by atoms with Crippen LogP contribution in [0, 0.1) is 6.92 Å². The fourth-order valence-corrected chi connectivity index (χ4v) is 1.97. The molecule has 0 saturated carbocycles. The number of benzene rings is 1. The Morgan fingerprint density at radius 2 is 2.24 bits per heavy atom. The highest BCUT2D eigenvalue weighted by molar-refractivity contribution is 9.10. The van der Waals surface area contributed by atoms with Crippen LogP contribution in [0.25, 0.3) is 5.69 Å². The monoisotopic (exact) mass is 315 g/mol. The highest BCUT2D eigenvalue weighted by Gasteiger charge is 2.15. The Balaban J connectivity index is 2.60. The van der Waals surface area contributed by atoms with E-state index in [4.69, 9.17) is 16.7 Å². The van der Waals surface area contributed by atoms with E-state index in [-0.39, 0.29) is 5.82 Å². The Hall–Kier alpha value is -1.40. The molecule has 1 aromatic carbocycles. The van der Waals surface area contributed by atoms with Crippen molar-refractivity contribution in [1.82, 2.24) is 14.8 Å². The lowest BCUT2D eigenvalue weighted by atomic mass is 10.3. The number of hydrogen-bond donors (Lipinski definition) is 1. The molecule has 0 aliphatic rings. The van der Waals surface area contributed by atoms with E-state index in [1.807, 2.05) is 0 Å². The molecule has 2 aromatic rings. The molecule has 17 heavy (non-hydrogen) atoms. The normalized spacial score (nSPS) is 10.5. The van der Waals surface area contributed by atoms with Gasteiger partial charge in [-0.05, 0) is 35.0 Å². The van der Waals surface area contributed by atoms with Gasteiger partial charge in [-0.15, -0.1) is 5.10 Å². The molecule has 1 N–H and O–H groups in total. The molecule has 0 amide bonds. The number of hydrogen-bond acceptors (Lipinski definition) is 3. The number of rotatable bonds is 2. The van der Waals surface area contributed by atoms with Crippen molar-refractivity contribution >= 4 is 33.5 Å². The summed E-state index contributed by atoms with van der Waals surface area (Å²) in [6.07, 6.45) is 0. The minimum absolute atomic E-state index is 0.241. The predicted molar refractivity (Wildman–Crippen MR) is 65.8 cm³/mol. The van der Waals surface area contributed by atoms with E-state index in [0.29, 0.717) is 21.0 Å². The molecular formula is C10H7BrClN3O2. The van der Waals surface area contributed by atoms with Crippen LogP contribution in [-0.2, 0) is 0 Å². The van der Waals surface area contributed by atoms with Gasteiger partial charge in [0.1, 0.15) is 5.82 Å². The molecule has 0 saturated heterocycles. The second kappa shape index (κ2) is 4.46. The Morgan fingerprint density at radius 3 is 2.82 bits per heavy atom. The second-order valence-corrected chi connectivity index (χ2v) is 4.47. The summed E-state index contributed by atoms with van der Waals surface area (Å²) >= 11 is 9.29. The van der Waals surface area contributed by atoms with Crippen LogP contribution >= 0.6 is 27.5 Å². The third-order valence-corrected chi connectivity index (χ3v) is 3.50. The van der Waals surface area contributed by atoms with Crippen molar-refractivity contribution < 1.29 is 9.90 Å². The molecule has 88 valence electrons. The Bertz CT molecular complexity index is 597. The SMILES string of the molecule is Cc1nc(C(=O)O)nn1-c1cccc(Cl)c1Br. The van der Waals surface area contributed by atoms with Crippen molar-refractivity contribution in [1.29, 1.82) is 0 Å². The summed E-state index contributed by atoms with van der Waals surface area (Å²) in [4.78, 5) is 14.6. The van der Waals surface area contributed by atoms with Crippen molar-refractivity contribution in [3.63, 3.8) is 0 Å². The second-order valence-electron chi connectivity index (χ2n) is 3.27. The van der Waals surface area contributed by atoms with E-state index in [0.717, 1.165) is 0 Å². The standard InChI is InChI=1S/C10H7BrClN3O2/c1-5-13-9(10(16)17)14-15(5)7-4-2-3-6(12)8(7)11/h2-4H,1H3,(H,16,17). The first kappa shape index (κ1) is 12.1. The highest BCUT2D eigenvalue weighted by atomic mass is 79.9. The van der Waals surface area contributed by atoms with E-state index in [1.54, 1.807) is 25.1 Å². The topological polar surface area (TPSA) is 68.0 Å². The van der Waals surface area contributed by atoms with Crippen molar-refractivity contribution in [2.24, 2.45) is 0 Å². The minimum atomic E-state index is -1.16. The maximum absolute atomic E-state index is 10.8. The zero-order chi connectivity index (χ0) is 12.6. The van der Waals surface area contributed by atoms with Crippen LogP contribution in [0.15, 0.2) is 22.7 Å². The maximum atomic E-state index is 10.8. The van der Waals surface area contributed by atoms with E-state index >= 15 is 0 Å². The zero-order valence-electron chi connectivity index (χ0n) is 8.69. The third kappa shape index (κ3) is 2.18. The lowest BCUT2D eigenvalue weighted by Crippen LogP contribution is -2.03. The van der Waals surface area contributed by atoms with Gasteiger partial charge in [0, 0.05) is 0 Å². The number of aromatic carboxylic acids is 1. The van der Waals surface area contributed by atoms with Gasteiger partial charge in [0.2, 0.25) is 0 Å². The zero-order valence-corrected chi connectivity index (χ0v) is 11.0. The van der Waals surface area contributed by atoms with E-state index in [2.05, 4.69) is 26.0 Å². The molecular weight excluding hydrogens is 309 g/mol. The van der Waals surface area contributed by atoms with Gasteiger partial charge in [0.05, 0.1) is 15.2 Å². The third-order valence-electron chi connectivity index (χ3n) is 2.12. The number of halogens is 2. The molecule has 0 bridgehead atoms. The van der Waals surface area contributed by atoms with Crippen LogP contribution < -0.4 is 0 Å². The molecule has 0 fully saturated rings. The molecule has 2 rings (SSSR count). The van der Waals surface area contributed by atoms with Crippen molar-refractivity contribution in [2.75, 3.05) is 0 Å². The number of carboxylic acids is 1. The Morgan fingerprint density at radius 1 is 1.53 bits per heavy atom. The van der Waals surface area contributed by atoms with Crippen molar-refractivity contribution in [2.45, 2.75) is 6.92 Å². The molecule has 0 aliphatic heterocycles. The summed E-state index contributed by atoms with van der Waals surface area (Å²) in [7, 11) is 0.